The van der Waals surface area contributed by atoms with Crippen molar-refractivity contribution in [3.63, 3.8) is 0 Å². The van der Waals surface area contributed by atoms with Crippen molar-refractivity contribution in [2.75, 3.05) is 20.2 Å². The first-order chi connectivity index (χ1) is 12.7. The zero-order chi connectivity index (χ0) is 17.9. The molecule has 0 amide bonds. The number of nitrogens with zero attached hydrogens (tertiary/aromatic N) is 3. The van der Waals surface area contributed by atoms with Gasteiger partial charge >= 0.3 is 0 Å². The first-order valence-electron chi connectivity index (χ1n) is 9.02. The van der Waals surface area contributed by atoms with Gasteiger partial charge in [0.05, 0.1) is 5.69 Å². The SMILES string of the molecule is CN1CCCC1COc1nnc(Cc2ccc(F)cc2)c2ccccc12. The van der Waals surface area contributed by atoms with E-state index >= 15 is 0 Å². The van der Waals surface area contributed by atoms with Crippen molar-refractivity contribution in [1.82, 2.24) is 15.1 Å². The first-order valence-corrected chi connectivity index (χ1v) is 9.02. The fourth-order valence-corrected chi connectivity index (χ4v) is 3.53. The average molecular weight is 351 g/mol. The highest BCUT2D eigenvalue weighted by Crippen LogP contribution is 2.27. The molecule has 1 fully saturated rings. The molecule has 3 aromatic rings. The number of hydrogen-bond acceptors (Lipinski definition) is 4. The van der Waals surface area contributed by atoms with Gasteiger partial charge in [-0.15, -0.1) is 5.10 Å². The molecule has 4 rings (SSSR count). The molecule has 5 heteroatoms. The van der Waals surface area contributed by atoms with Crippen LogP contribution in [-0.4, -0.2) is 41.3 Å². The normalized spacial score (nSPS) is 17.7. The number of aromatic nitrogens is 2. The fraction of sp³-hybridized carbons (Fsp3) is 0.333. The summed E-state index contributed by atoms with van der Waals surface area (Å²) in [5, 5.41) is 10.7. The molecule has 1 aromatic heterocycles. The van der Waals surface area contributed by atoms with Crippen LogP contribution in [-0.2, 0) is 6.42 Å². The summed E-state index contributed by atoms with van der Waals surface area (Å²) in [7, 11) is 2.14. The van der Waals surface area contributed by atoms with E-state index in [4.69, 9.17) is 4.74 Å². The maximum atomic E-state index is 13.1. The molecule has 2 heterocycles. The predicted octanol–water partition coefficient (Wildman–Crippen LogP) is 3.83. The van der Waals surface area contributed by atoms with Gasteiger partial charge in [-0.05, 0) is 50.2 Å². The summed E-state index contributed by atoms with van der Waals surface area (Å²) in [6.07, 6.45) is 2.98. The molecule has 26 heavy (non-hydrogen) atoms. The first kappa shape index (κ1) is 16.9. The van der Waals surface area contributed by atoms with Crippen molar-refractivity contribution >= 4 is 10.8 Å². The van der Waals surface area contributed by atoms with Crippen LogP contribution >= 0.6 is 0 Å². The van der Waals surface area contributed by atoms with E-state index in [1.165, 1.54) is 18.6 Å². The number of fused-ring (bicyclic) bond motifs is 1. The number of ether oxygens (including phenoxy) is 1. The van der Waals surface area contributed by atoms with Gasteiger partial charge in [0.1, 0.15) is 12.4 Å². The summed E-state index contributed by atoms with van der Waals surface area (Å²) in [6.45, 7) is 1.75. The summed E-state index contributed by atoms with van der Waals surface area (Å²) >= 11 is 0. The van der Waals surface area contributed by atoms with E-state index in [2.05, 4.69) is 22.1 Å². The van der Waals surface area contributed by atoms with Crippen LogP contribution in [0.1, 0.15) is 24.1 Å². The minimum Gasteiger partial charge on any atom is -0.474 e. The number of likely N-dealkylation sites (tertiary alicyclic amines) is 1. The van der Waals surface area contributed by atoms with Crippen LogP contribution in [0.4, 0.5) is 4.39 Å². The monoisotopic (exact) mass is 351 g/mol. The zero-order valence-corrected chi connectivity index (χ0v) is 14.9. The maximum Gasteiger partial charge on any atom is 0.241 e. The largest absolute Gasteiger partial charge is 0.474 e. The molecule has 1 unspecified atom stereocenters. The smallest absolute Gasteiger partial charge is 0.241 e. The Kier molecular flexibility index (Phi) is 4.80. The lowest BCUT2D eigenvalue weighted by Crippen LogP contribution is -2.30. The predicted molar refractivity (Wildman–Crippen MR) is 99.9 cm³/mol. The lowest BCUT2D eigenvalue weighted by atomic mass is 10.0. The molecule has 1 atom stereocenters. The average Bonchev–Trinajstić information content (AvgIpc) is 3.08. The molecule has 0 radical (unpaired) electrons. The van der Waals surface area contributed by atoms with Gasteiger partial charge in [0.15, 0.2) is 0 Å². The Bertz CT molecular complexity index is 897. The second-order valence-electron chi connectivity index (χ2n) is 6.89. The van der Waals surface area contributed by atoms with Crippen molar-refractivity contribution < 1.29 is 9.13 Å². The Balaban J connectivity index is 1.59. The van der Waals surface area contributed by atoms with Crippen molar-refractivity contribution in [3.05, 3.63) is 65.6 Å². The van der Waals surface area contributed by atoms with Crippen LogP contribution in [0.25, 0.3) is 10.8 Å². The van der Waals surface area contributed by atoms with Gasteiger partial charge in [0, 0.05) is 23.2 Å². The third kappa shape index (κ3) is 3.53. The van der Waals surface area contributed by atoms with Crippen molar-refractivity contribution in [2.24, 2.45) is 0 Å². The molecule has 4 nitrogen and oxygen atoms in total. The van der Waals surface area contributed by atoms with E-state index in [1.54, 1.807) is 12.1 Å². The topological polar surface area (TPSA) is 38.2 Å². The van der Waals surface area contributed by atoms with E-state index in [0.29, 0.717) is 24.9 Å². The van der Waals surface area contributed by atoms with Gasteiger partial charge in [-0.25, -0.2) is 4.39 Å². The van der Waals surface area contributed by atoms with Gasteiger partial charge in [-0.2, -0.15) is 5.10 Å². The van der Waals surface area contributed by atoms with Crippen LogP contribution in [0.5, 0.6) is 5.88 Å². The summed E-state index contributed by atoms with van der Waals surface area (Å²) in [5.74, 6) is 0.356. The van der Waals surface area contributed by atoms with Crippen molar-refractivity contribution in [1.29, 1.82) is 0 Å². The van der Waals surface area contributed by atoms with Crippen LogP contribution < -0.4 is 4.74 Å². The number of halogens is 1. The van der Waals surface area contributed by atoms with Gasteiger partial charge in [0.25, 0.3) is 0 Å². The number of hydrogen-bond donors (Lipinski definition) is 0. The Morgan fingerprint density at radius 3 is 2.58 bits per heavy atom. The molecule has 0 bridgehead atoms. The van der Waals surface area contributed by atoms with Gasteiger partial charge in [-0.1, -0.05) is 30.3 Å². The molecular weight excluding hydrogens is 329 g/mol. The minimum absolute atomic E-state index is 0.231. The Hall–Kier alpha value is -2.53. The van der Waals surface area contributed by atoms with Crippen LogP contribution in [0.2, 0.25) is 0 Å². The second kappa shape index (κ2) is 7.38. The summed E-state index contributed by atoms with van der Waals surface area (Å²) < 4.78 is 19.2. The number of rotatable bonds is 5. The molecule has 0 N–H and O–H groups in total. The van der Waals surface area contributed by atoms with E-state index in [-0.39, 0.29) is 5.82 Å². The highest BCUT2D eigenvalue weighted by Gasteiger charge is 2.22. The molecule has 0 aliphatic carbocycles. The minimum atomic E-state index is -0.231. The quantitative estimate of drug-likeness (QED) is 0.700. The van der Waals surface area contributed by atoms with Gasteiger partial charge in [-0.3, -0.25) is 0 Å². The van der Waals surface area contributed by atoms with Crippen LogP contribution in [0.3, 0.4) is 0 Å². The second-order valence-corrected chi connectivity index (χ2v) is 6.89. The molecule has 134 valence electrons. The Morgan fingerprint density at radius 1 is 1.08 bits per heavy atom. The maximum absolute atomic E-state index is 13.1. The summed E-state index contributed by atoms with van der Waals surface area (Å²) in [5.41, 5.74) is 1.88. The van der Waals surface area contributed by atoms with E-state index in [9.17, 15) is 4.39 Å². The van der Waals surface area contributed by atoms with Crippen LogP contribution in [0.15, 0.2) is 48.5 Å². The van der Waals surface area contributed by atoms with E-state index in [1.807, 2.05) is 24.3 Å². The van der Waals surface area contributed by atoms with Crippen molar-refractivity contribution in [2.45, 2.75) is 25.3 Å². The molecule has 0 spiro atoms. The standard InChI is InChI=1S/C21H22FN3O/c1-25-12-4-5-17(25)14-26-21-19-7-3-2-6-18(19)20(23-24-21)13-15-8-10-16(22)11-9-15/h2-3,6-11,17H,4-5,12-14H2,1H3. The Labute approximate surface area is 152 Å². The highest BCUT2D eigenvalue weighted by molar-refractivity contribution is 5.88. The molecular formula is C21H22FN3O. The molecule has 1 saturated heterocycles. The van der Waals surface area contributed by atoms with E-state index < -0.39 is 0 Å². The van der Waals surface area contributed by atoms with Crippen molar-refractivity contribution in [3.8, 4) is 5.88 Å². The molecule has 0 saturated carbocycles. The summed E-state index contributed by atoms with van der Waals surface area (Å²) in [4.78, 5) is 2.33. The van der Waals surface area contributed by atoms with E-state index in [0.717, 1.165) is 35.0 Å². The molecule has 1 aliphatic rings. The summed E-state index contributed by atoms with van der Waals surface area (Å²) in [6, 6.07) is 15.0. The zero-order valence-electron chi connectivity index (χ0n) is 14.9. The third-order valence-electron chi connectivity index (χ3n) is 5.10. The van der Waals surface area contributed by atoms with Crippen LogP contribution in [0, 0.1) is 5.82 Å². The Morgan fingerprint density at radius 2 is 1.85 bits per heavy atom. The van der Waals surface area contributed by atoms with Gasteiger partial charge < -0.3 is 9.64 Å². The van der Waals surface area contributed by atoms with Gasteiger partial charge in [0.2, 0.25) is 5.88 Å². The highest BCUT2D eigenvalue weighted by atomic mass is 19.1. The fourth-order valence-electron chi connectivity index (χ4n) is 3.53. The number of likely N-dealkylation sites (N-methyl/N-ethyl adjacent to an activating group) is 1. The lowest BCUT2D eigenvalue weighted by molar-refractivity contribution is 0.194. The third-order valence-corrected chi connectivity index (χ3v) is 5.10. The molecule has 1 aliphatic heterocycles. The molecule has 2 aromatic carbocycles. The number of benzene rings is 2. The lowest BCUT2D eigenvalue weighted by Gasteiger charge is -2.19.